The Labute approximate surface area is 78.5 Å². The third-order valence-corrected chi connectivity index (χ3v) is 1.73. The maximum absolute atomic E-state index is 13.2. The molecule has 2 rings (SSSR count). The molecule has 0 aromatic carbocycles. The molecule has 0 atom stereocenters. The van der Waals surface area contributed by atoms with Crippen LogP contribution in [0.25, 0.3) is 11.3 Å². The number of hydrogen-bond acceptors (Lipinski definition) is 3. The average molecular weight is 191 g/mol. The van der Waals surface area contributed by atoms with Crippen molar-refractivity contribution in [3.8, 4) is 11.3 Å². The Kier molecular flexibility index (Phi) is 2.06. The molecule has 2 aromatic heterocycles. The summed E-state index contributed by atoms with van der Waals surface area (Å²) in [5.41, 5.74) is 0.127. The Hall–Kier alpha value is -2.04. The number of aromatic nitrogens is 3. The Morgan fingerprint density at radius 1 is 1.29 bits per heavy atom. The van der Waals surface area contributed by atoms with Crippen LogP contribution in [0, 0.1) is 5.82 Å². The zero-order valence-corrected chi connectivity index (χ0v) is 7.07. The average Bonchev–Trinajstić information content (AvgIpc) is 2.23. The monoisotopic (exact) mass is 191 g/mol. The van der Waals surface area contributed by atoms with E-state index in [0.29, 0.717) is 5.56 Å². The topological polar surface area (TPSA) is 58.6 Å². The highest BCUT2D eigenvalue weighted by Gasteiger charge is 2.05. The van der Waals surface area contributed by atoms with Crippen molar-refractivity contribution < 1.29 is 4.39 Å². The highest BCUT2D eigenvalue weighted by molar-refractivity contribution is 5.57. The second-order valence-corrected chi connectivity index (χ2v) is 2.65. The molecule has 70 valence electrons. The van der Waals surface area contributed by atoms with Crippen molar-refractivity contribution in [3.05, 3.63) is 47.0 Å². The summed E-state index contributed by atoms with van der Waals surface area (Å²) in [5, 5.41) is 0. The van der Waals surface area contributed by atoms with Gasteiger partial charge in [0.05, 0.1) is 11.9 Å². The van der Waals surface area contributed by atoms with Gasteiger partial charge in [-0.05, 0) is 12.1 Å². The lowest BCUT2D eigenvalue weighted by molar-refractivity contribution is 0.615. The van der Waals surface area contributed by atoms with E-state index in [1.807, 2.05) is 0 Å². The van der Waals surface area contributed by atoms with Gasteiger partial charge in [0.2, 0.25) is 0 Å². The number of H-pyrrole nitrogens is 1. The van der Waals surface area contributed by atoms with Crippen LogP contribution >= 0.6 is 0 Å². The first-order chi connectivity index (χ1) is 6.77. The molecule has 5 heteroatoms. The fourth-order valence-electron chi connectivity index (χ4n) is 1.11. The first-order valence-corrected chi connectivity index (χ1v) is 3.92. The smallest absolute Gasteiger partial charge is 0.303 e. The van der Waals surface area contributed by atoms with Crippen LogP contribution in [0.1, 0.15) is 0 Å². The van der Waals surface area contributed by atoms with Crippen molar-refractivity contribution in [1.82, 2.24) is 15.0 Å². The molecular weight excluding hydrogens is 185 g/mol. The predicted molar refractivity (Wildman–Crippen MR) is 48.0 cm³/mol. The van der Waals surface area contributed by atoms with Gasteiger partial charge in [-0.15, -0.1) is 0 Å². The Morgan fingerprint density at radius 2 is 2.00 bits per heavy atom. The molecule has 0 saturated heterocycles. The Bertz CT molecular complexity index is 495. The molecule has 2 heterocycles. The number of rotatable bonds is 1. The Balaban J connectivity index is 2.62. The molecule has 0 unspecified atom stereocenters. The molecule has 2 aromatic rings. The molecule has 0 amide bonds. The van der Waals surface area contributed by atoms with Gasteiger partial charge in [0, 0.05) is 18.0 Å². The van der Waals surface area contributed by atoms with Crippen LogP contribution < -0.4 is 5.69 Å². The van der Waals surface area contributed by atoms with Crippen molar-refractivity contribution in [1.29, 1.82) is 0 Å². The van der Waals surface area contributed by atoms with Gasteiger partial charge < -0.3 is 4.98 Å². The van der Waals surface area contributed by atoms with Gasteiger partial charge in [0.25, 0.3) is 0 Å². The minimum Gasteiger partial charge on any atom is -0.303 e. The summed E-state index contributed by atoms with van der Waals surface area (Å²) < 4.78 is 13.2. The second-order valence-electron chi connectivity index (χ2n) is 2.65. The minimum atomic E-state index is -0.571. The van der Waals surface area contributed by atoms with E-state index in [2.05, 4.69) is 15.0 Å². The zero-order chi connectivity index (χ0) is 9.97. The van der Waals surface area contributed by atoms with E-state index in [-0.39, 0.29) is 5.69 Å². The molecule has 1 N–H and O–H groups in total. The summed E-state index contributed by atoms with van der Waals surface area (Å²) in [6.45, 7) is 0. The summed E-state index contributed by atoms with van der Waals surface area (Å²) in [6.07, 6.45) is 3.94. The van der Waals surface area contributed by atoms with E-state index in [9.17, 15) is 9.18 Å². The van der Waals surface area contributed by atoms with E-state index < -0.39 is 11.5 Å². The summed E-state index contributed by atoms with van der Waals surface area (Å²) >= 11 is 0. The summed E-state index contributed by atoms with van der Waals surface area (Å²) in [6, 6.07) is 3.21. The zero-order valence-electron chi connectivity index (χ0n) is 7.07. The molecule has 0 aliphatic heterocycles. The highest BCUT2D eigenvalue weighted by Crippen LogP contribution is 2.16. The molecule has 0 fully saturated rings. The molecule has 0 bridgehead atoms. The lowest BCUT2D eigenvalue weighted by Gasteiger charge is -2.00. The number of nitrogens with one attached hydrogen (secondary N) is 1. The van der Waals surface area contributed by atoms with E-state index in [4.69, 9.17) is 0 Å². The quantitative estimate of drug-likeness (QED) is 0.730. The van der Waals surface area contributed by atoms with Crippen LogP contribution in [0.4, 0.5) is 4.39 Å². The maximum Gasteiger partial charge on any atom is 0.345 e. The third kappa shape index (κ3) is 1.52. The first kappa shape index (κ1) is 8.55. The van der Waals surface area contributed by atoms with Crippen LogP contribution in [0.2, 0.25) is 0 Å². The van der Waals surface area contributed by atoms with Crippen LogP contribution in [0.3, 0.4) is 0 Å². The van der Waals surface area contributed by atoms with E-state index in [1.165, 1.54) is 12.4 Å². The molecule has 0 aliphatic rings. The van der Waals surface area contributed by atoms with Gasteiger partial charge in [-0.3, -0.25) is 4.98 Å². The third-order valence-electron chi connectivity index (χ3n) is 1.73. The summed E-state index contributed by atoms with van der Waals surface area (Å²) in [4.78, 5) is 20.2. The second kappa shape index (κ2) is 3.37. The van der Waals surface area contributed by atoms with Gasteiger partial charge in [-0.1, -0.05) is 0 Å². The van der Waals surface area contributed by atoms with Gasteiger partial charge in [0.15, 0.2) is 5.82 Å². The van der Waals surface area contributed by atoms with E-state index in [0.717, 1.165) is 6.20 Å². The van der Waals surface area contributed by atoms with E-state index in [1.54, 1.807) is 12.1 Å². The Morgan fingerprint density at radius 3 is 2.71 bits per heavy atom. The standard InChI is InChI=1S/C9H6FN3O/c10-7-5-12-9(14)13-8(7)6-1-3-11-4-2-6/h1-5H,(H,12,13,14). The first-order valence-electron chi connectivity index (χ1n) is 3.92. The molecule has 14 heavy (non-hydrogen) atoms. The predicted octanol–water partition coefficient (Wildman–Crippen LogP) is 0.971. The SMILES string of the molecule is O=c1ncc(F)c(-c2ccncc2)[nH]1. The van der Waals surface area contributed by atoms with Crippen molar-refractivity contribution in [3.63, 3.8) is 0 Å². The molecular formula is C9H6FN3O. The number of halogens is 1. The van der Waals surface area contributed by atoms with Gasteiger partial charge in [-0.2, -0.15) is 4.98 Å². The molecule has 0 radical (unpaired) electrons. The molecule has 0 aliphatic carbocycles. The van der Waals surface area contributed by atoms with Crippen LogP contribution in [-0.4, -0.2) is 15.0 Å². The van der Waals surface area contributed by atoms with E-state index >= 15 is 0 Å². The highest BCUT2D eigenvalue weighted by atomic mass is 19.1. The van der Waals surface area contributed by atoms with Crippen molar-refractivity contribution in [2.24, 2.45) is 0 Å². The fraction of sp³-hybridized carbons (Fsp3) is 0. The molecule has 0 spiro atoms. The lowest BCUT2D eigenvalue weighted by atomic mass is 10.2. The summed E-state index contributed by atoms with van der Waals surface area (Å²) in [5.74, 6) is -0.559. The molecule has 0 saturated carbocycles. The van der Waals surface area contributed by atoms with Crippen molar-refractivity contribution in [2.75, 3.05) is 0 Å². The normalized spacial score (nSPS) is 10.1. The largest absolute Gasteiger partial charge is 0.345 e. The van der Waals surface area contributed by atoms with Crippen LogP contribution in [-0.2, 0) is 0 Å². The van der Waals surface area contributed by atoms with Gasteiger partial charge in [0.1, 0.15) is 0 Å². The van der Waals surface area contributed by atoms with Crippen molar-refractivity contribution in [2.45, 2.75) is 0 Å². The summed E-state index contributed by atoms with van der Waals surface area (Å²) in [7, 11) is 0. The number of pyridine rings is 1. The lowest BCUT2D eigenvalue weighted by Crippen LogP contribution is -2.11. The fourth-order valence-corrected chi connectivity index (χ4v) is 1.11. The number of nitrogens with zero attached hydrogens (tertiary/aromatic N) is 2. The van der Waals surface area contributed by atoms with Gasteiger partial charge >= 0.3 is 5.69 Å². The van der Waals surface area contributed by atoms with Gasteiger partial charge in [-0.25, -0.2) is 9.18 Å². The number of aromatic amines is 1. The molecule has 4 nitrogen and oxygen atoms in total. The minimum absolute atomic E-state index is 0.132. The maximum atomic E-state index is 13.2. The van der Waals surface area contributed by atoms with Crippen LogP contribution in [0.5, 0.6) is 0 Å². The van der Waals surface area contributed by atoms with Crippen LogP contribution in [0.15, 0.2) is 35.5 Å². The number of hydrogen-bond donors (Lipinski definition) is 1. The van der Waals surface area contributed by atoms with Crippen molar-refractivity contribution >= 4 is 0 Å².